The Morgan fingerprint density at radius 1 is 0.750 bits per heavy atom. The van der Waals surface area contributed by atoms with E-state index in [-0.39, 0.29) is 30.7 Å². The maximum Gasteiger partial charge on any atom is 0.407 e. The van der Waals surface area contributed by atoms with E-state index in [1.807, 2.05) is 0 Å². The largest absolute Gasteiger partial charge is 0.462 e. The summed E-state index contributed by atoms with van der Waals surface area (Å²) in [5.74, 6) is -1.08. The number of hydrogen-bond donors (Lipinski definition) is 2. The number of alkyl carbamates (subject to hydrolysis) is 2. The van der Waals surface area contributed by atoms with Crippen LogP contribution in [0.2, 0.25) is 0 Å². The Kier molecular flexibility index (Phi) is 15.4. The van der Waals surface area contributed by atoms with E-state index in [0.717, 1.165) is 25.7 Å². The molecule has 184 valence electrons. The first-order chi connectivity index (χ1) is 15.0. The van der Waals surface area contributed by atoms with Gasteiger partial charge in [-0.2, -0.15) is 0 Å². The topological polar surface area (TPSA) is 129 Å². The van der Waals surface area contributed by atoms with Gasteiger partial charge in [0.1, 0.15) is 25.4 Å². The van der Waals surface area contributed by atoms with Gasteiger partial charge in [-0.1, -0.05) is 33.3 Å². The predicted molar refractivity (Wildman–Crippen MR) is 118 cm³/mol. The fraction of sp³-hybridized carbons (Fsp3) is 0.727. The first-order valence-corrected chi connectivity index (χ1v) is 10.9. The second kappa shape index (κ2) is 16.9. The molecule has 0 aromatic rings. The molecule has 0 aromatic carbocycles. The quantitative estimate of drug-likeness (QED) is 0.166. The van der Waals surface area contributed by atoms with Crippen LogP contribution < -0.4 is 10.6 Å². The summed E-state index contributed by atoms with van der Waals surface area (Å²) in [6.07, 6.45) is 1.06. The van der Waals surface area contributed by atoms with Crippen molar-refractivity contribution in [2.45, 2.75) is 72.5 Å². The number of carbonyl (C=O) groups excluding carboxylic acids is 4. The Hall–Kier alpha value is -2.78. The van der Waals surface area contributed by atoms with Crippen LogP contribution in [0.15, 0.2) is 12.2 Å². The van der Waals surface area contributed by atoms with Gasteiger partial charge in [0.05, 0.1) is 5.92 Å². The standard InChI is InChI=1S/C22H38N2O8/c1-15(2)19(25)29-13-17(5)31-21(27)23-11-9-7-8-10-12-24-22(28)32-18(6)14-30-20(26)16(3)4/h16-18H,1,7-14H2,2-6H3,(H,23,27)(H,24,28). The van der Waals surface area contributed by atoms with E-state index in [4.69, 9.17) is 18.9 Å². The van der Waals surface area contributed by atoms with E-state index in [2.05, 4.69) is 17.2 Å². The second-order valence-corrected chi connectivity index (χ2v) is 7.86. The third kappa shape index (κ3) is 16.0. The minimum Gasteiger partial charge on any atom is -0.462 e. The number of carbonyl (C=O) groups is 4. The van der Waals surface area contributed by atoms with Crippen molar-refractivity contribution < 1.29 is 38.1 Å². The fourth-order valence-electron chi connectivity index (χ4n) is 2.18. The molecule has 2 unspecified atom stereocenters. The molecule has 10 nitrogen and oxygen atoms in total. The molecular formula is C22H38N2O8. The Balaban J connectivity index is 3.66. The van der Waals surface area contributed by atoms with Crippen LogP contribution in [-0.4, -0.2) is 62.6 Å². The Morgan fingerprint density at radius 3 is 1.59 bits per heavy atom. The van der Waals surface area contributed by atoms with Crippen LogP contribution in [0.1, 0.15) is 60.3 Å². The zero-order chi connectivity index (χ0) is 24.5. The highest BCUT2D eigenvalue weighted by Gasteiger charge is 2.14. The summed E-state index contributed by atoms with van der Waals surface area (Å²) in [5, 5.41) is 5.29. The number of rotatable bonds is 15. The average molecular weight is 459 g/mol. The summed E-state index contributed by atoms with van der Waals surface area (Å²) >= 11 is 0. The van der Waals surface area contributed by atoms with Gasteiger partial charge in [0.25, 0.3) is 0 Å². The lowest BCUT2D eigenvalue weighted by Crippen LogP contribution is -2.31. The zero-order valence-electron chi connectivity index (χ0n) is 19.9. The van der Waals surface area contributed by atoms with E-state index >= 15 is 0 Å². The van der Waals surface area contributed by atoms with Crippen molar-refractivity contribution in [1.82, 2.24) is 10.6 Å². The Morgan fingerprint density at radius 2 is 1.19 bits per heavy atom. The summed E-state index contributed by atoms with van der Waals surface area (Å²) in [6.45, 7) is 12.7. The summed E-state index contributed by atoms with van der Waals surface area (Å²) in [5.41, 5.74) is 0.285. The predicted octanol–water partition coefficient (Wildman–Crippen LogP) is 3.09. The van der Waals surface area contributed by atoms with Crippen LogP contribution in [-0.2, 0) is 28.5 Å². The van der Waals surface area contributed by atoms with Gasteiger partial charge < -0.3 is 29.6 Å². The molecule has 10 heteroatoms. The minimum atomic E-state index is -0.568. The molecule has 0 spiro atoms. The lowest BCUT2D eigenvalue weighted by Gasteiger charge is -2.15. The summed E-state index contributed by atoms with van der Waals surface area (Å²) < 4.78 is 20.1. The smallest absolute Gasteiger partial charge is 0.407 e. The third-order valence-corrected chi connectivity index (χ3v) is 3.99. The van der Waals surface area contributed by atoms with Crippen LogP contribution in [0.25, 0.3) is 0 Å². The van der Waals surface area contributed by atoms with E-state index in [1.54, 1.807) is 27.7 Å². The van der Waals surface area contributed by atoms with Crippen molar-refractivity contribution in [3.8, 4) is 0 Å². The summed E-state index contributed by atoms with van der Waals surface area (Å²) in [6, 6.07) is 0. The fourth-order valence-corrected chi connectivity index (χ4v) is 2.18. The lowest BCUT2D eigenvalue weighted by molar-refractivity contribution is -0.150. The maximum absolute atomic E-state index is 11.7. The zero-order valence-corrected chi connectivity index (χ0v) is 19.9. The van der Waals surface area contributed by atoms with Crippen molar-refractivity contribution >= 4 is 24.1 Å². The molecule has 0 aromatic heterocycles. The molecule has 0 rings (SSSR count). The third-order valence-electron chi connectivity index (χ3n) is 3.99. The van der Waals surface area contributed by atoms with E-state index in [1.165, 1.54) is 6.92 Å². The number of unbranched alkanes of at least 4 members (excludes halogenated alkanes) is 3. The SMILES string of the molecule is C=C(C)C(=O)OCC(C)OC(=O)NCCCCCCNC(=O)OC(C)COC(=O)C(C)C. The van der Waals surface area contributed by atoms with Crippen molar-refractivity contribution in [2.24, 2.45) is 5.92 Å². The molecule has 0 saturated heterocycles. The van der Waals surface area contributed by atoms with Crippen molar-refractivity contribution in [2.75, 3.05) is 26.3 Å². The normalized spacial score (nSPS) is 12.3. The lowest BCUT2D eigenvalue weighted by atomic mass is 10.2. The molecule has 2 N–H and O–H groups in total. The number of amides is 2. The van der Waals surface area contributed by atoms with Crippen molar-refractivity contribution in [3.05, 3.63) is 12.2 Å². The van der Waals surface area contributed by atoms with Crippen LogP contribution in [0, 0.1) is 5.92 Å². The highest BCUT2D eigenvalue weighted by molar-refractivity contribution is 5.86. The Bertz CT molecular complexity index is 621. The van der Waals surface area contributed by atoms with Gasteiger partial charge in [-0.3, -0.25) is 4.79 Å². The number of ether oxygens (including phenoxy) is 4. The molecule has 0 saturated carbocycles. The van der Waals surface area contributed by atoms with Gasteiger partial charge in [-0.15, -0.1) is 0 Å². The van der Waals surface area contributed by atoms with Gasteiger partial charge in [-0.05, 0) is 33.6 Å². The monoisotopic (exact) mass is 458 g/mol. The Labute approximate surface area is 190 Å². The molecule has 0 radical (unpaired) electrons. The van der Waals surface area contributed by atoms with E-state index in [0.29, 0.717) is 13.1 Å². The summed E-state index contributed by atoms with van der Waals surface area (Å²) in [7, 11) is 0. The van der Waals surface area contributed by atoms with Crippen LogP contribution in [0.4, 0.5) is 9.59 Å². The molecule has 0 aliphatic carbocycles. The first-order valence-electron chi connectivity index (χ1n) is 10.9. The van der Waals surface area contributed by atoms with E-state index < -0.39 is 30.4 Å². The molecule has 0 aliphatic rings. The maximum atomic E-state index is 11.7. The number of esters is 2. The molecule has 0 aliphatic heterocycles. The molecule has 0 fully saturated rings. The van der Waals surface area contributed by atoms with Gasteiger partial charge in [0, 0.05) is 18.7 Å². The van der Waals surface area contributed by atoms with Crippen molar-refractivity contribution in [1.29, 1.82) is 0 Å². The van der Waals surface area contributed by atoms with Gasteiger partial charge in [0.15, 0.2) is 0 Å². The van der Waals surface area contributed by atoms with Gasteiger partial charge in [-0.25, -0.2) is 14.4 Å². The minimum absolute atomic E-state index is 0.0261. The van der Waals surface area contributed by atoms with Crippen LogP contribution in [0.5, 0.6) is 0 Å². The molecule has 32 heavy (non-hydrogen) atoms. The molecule has 2 atom stereocenters. The van der Waals surface area contributed by atoms with Gasteiger partial charge in [0.2, 0.25) is 0 Å². The molecular weight excluding hydrogens is 420 g/mol. The van der Waals surface area contributed by atoms with Gasteiger partial charge >= 0.3 is 24.1 Å². The van der Waals surface area contributed by atoms with Crippen molar-refractivity contribution in [3.63, 3.8) is 0 Å². The first kappa shape index (κ1) is 29.2. The molecule has 0 bridgehead atoms. The van der Waals surface area contributed by atoms with Crippen LogP contribution in [0.3, 0.4) is 0 Å². The van der Waals surface area contributed by atoms with E-state index in [9.17, 15) is 19.2 Å². The van der Waals surface area contributed by atoms with Crippen LogP contribution >= 0.6 is 0 Å². The summed E-state index contributed by atoms with van der Waals surface area (Å²) in [4.78, 5) is 46.0. The second-order valence-electron chi connectivity index (χ2n) is 7.86. The highest BCUT2D eigenvalue weighted by Crippen LogP contribution is 2.02. The highest BCUT2D eigenvalue weighted by atomic mass is 16.6. The number of nitrogens with one attached hydrogen (secondary N) is 2. The molecule has 2 amide bonds. The molecule has 0 heterocycles. The average Bonchev–Trinajstić information content (AvgIpc) is 2.71. The number of hydrogen-bond acceptors (Lipinski definition) is 8.